The first-order chi connectivity index (χ1) is 6.66. The van der Waals surface area contributed by atoms with Crippen LogP contribution in [0.5, 0.6) is 0 Å². The summed E-state index contributed by atoms with van der Waals surface area (Å²) in [4.78, 5) is 11.4. The standard InChI is InChI=1S/C11H8ClFO/c1-2-3-7-10(14)11-8(12)5-4-6-9(11)13/h1,4-6H,3,7H2. The van der Waals surface area contributed by atoms with Crippen molar-refractivity contribution in [1.29, 1.82) is 0 Å². The molecule has 72 valence electrons. The van der Waals surface area contributed by atoms with Crippen LogP contribution in [-0.4, -0.2) is 5.78 Å². The average Bonchev–Trinajstić information content (AvgIpc) is 2.14. The number of benzene rings is 1. The van der Waals surface area contributed by atoms with E-state index >= 15 is 0 Å². The molecule has 0 aliphatic heterocycles. The molecule has 3 heteroatoms. The van der Waals surface area contributed by atoms with Crippen molar-refractivity contribution in [3.8, 4) is 12.3 Å². The van der Waals surface area contributed by atoms with Crippen LogP contribution in [0, 0.1) is 18.2 Å². The minimum atomic E-state index is -0.598. The van der Waals surface area contributed by atoms with Gasteiger partial charge in [0.1, 0.15) is 5.82 Å². The van der Waals surface area contributed by atoms with Gasteiger partial charge >= 0.3 is 0 Å². The Morgan fingerprint density at radius 1 is 1.57 bits per heavy atom. The maximum absolute atomic E-state index is 13.2. The van der Waals surface area contributed by atoms with Crippen molar-refractivity contribution >= 4 is 17.4 Å². The Morgan fingerprint density at radius 3 is 2.86 bits per heavy atom. The van der Waals surface area contributed by atoms with E-state index in [9.17, 15) is 9.18 Å². The van der Waals surface area contributed by atoms with E-state index in [1.165, 1.54) is 18.2 Å². The van der Waals surface area contributed by atoms with E-state index in [4.69, 9.17) is 18.0 Å². The first-order valence-corrected chi connectivity index (χ1v) is 4.45. The third-order valence-electron chi connectivity index (χ3n) is 1.74. The number of carbonyl (C=O) groups excluding carboxylic acids is 1. The lowest BCUT2D eigenvalue weighted by Gasteiger charge is -2.02. The highest BCUT2D eigenvalue weighted by Gasteiger charge is 2.14. The highest BCUT2D eigenvalue weighted by atomic mass is 35.5. The van der Waals surface area contributed by atoms with Crippen LogP contribution in [-0.2, 0) is 0 Å². The lowest BCUT2D eigenvalue weighted by Crippen LogP contribution is -2.02. The number of hydrogen-bond donors (Lipinski definition) is 0. The first-order valence-electron chi connectivity index (χ1n) is 4.07. The lowest BCUT2D eigenvalue weighted by atomic mass is 10.1. The maximum Gasteiger partial charge on any atom is 0.168 e. The van der Waals surface area contributed by atoms with Gasteiger partial charge in [-0.3, -0.25) is 4.79 Å². The van der Waals surface area contributed by atoms with Crippen LogP contribution >= 0.6 is 11.6 Å². The minimum absolute atomic E-state index is 0.0654. The van der Waals surface area contributed by atoms with Crippen LogP contribution in [0.2, 0.25) is 5.02 Å². The topological polar surface area (TPSA) is 17.1 Å². The van der Waals surface area contributed by atoms with Gasteiger partial charge in [-0.25, -0.2) is 4.39 Å². The van der Waals surface area contributed by atoms with Gasteiger partial charge in [0.05, 0.1) is 10.6 Å². The van der Waals surface area contributed by atoms with Gasteiger partial charge in [0, 0.05) is 12.8 Å². The van der Waals surface area contributed by atoms with Crippen molar-refractivity contribution in [2.24, 2.45) is 0 Å². The summed E-state index contributed by atoms with van der Waals surface area (Å²) in [5, 5.41) is 0.132. The molecule has 0 fully saturated rings. The highest BCUT2D eigenvalue weighted by Crippen LogP contribution is 2.20. The minimum Gasteiger partial charge on any atom is -0.294 e. The van der Waals surface area contributed by atoms with Gasteiger partial charge in [-0.1, -0.05) is 17.7 Å². The molecule has 0 unspecified atom stereocenters. The fourth-order valence-electron chi connectivity index (χ4n) is 1.07. The molecule has 1 aromatic carbocycles. The zero-order chi connectivity index (χ0) is 10.6. The third-order valence-corrected chi connectivity index (χ3v) is 2.05. The molecular formula is C11H8ClFO. The number of rotatable bonds is 3. The Hall–Kier alpha value is -1.33. The van der Waals surface area contributed by atoms with Crippen LogP contribution < -0.4 is 0 Å². The largest absolute Gasteiger partial charge is 0.294 e. The van der Waals surface area contributed by atoms with Crippen LogP contribution in [0.3, 0.4) is 0 Å². The number of terminal acetylenes is 1. The van der Waals surface area contributed by atoms with Crippen molar-refractivity contribution in [2.45, 2.75) is 12.8 Å². The summed E-state index contributed by atoms with van der Waals surface area (Å²) in [5.41, 5.74) is -0.0654. The Labute approximate surface area is 86.9 Å². The summed E-state index contributed by atoms with van der Waals surface area (Å²) in [6, 6.07) is 4.14. The van der Waals surface area contributed by atoms with Crippen LogP contribution in [0.25, 0.3) is 0 Å². The van der Waals surface area contributed by atoms with Gasteiger partial charge in [-0.2, -0.15) is 0 Å². The summed E-state index contributed by atoms with van der Waals surface area (Å²) < 4.78 is 13.2. The molecule has 0 radical (unpaired) electrons. The normalized spacial score (nSPS) is 9.50. The number of ketones is 1. The van der Waals surface area contributed by atoms with Crippen molar-refractivity contribution in [2.75, 3.05) is 0 Å². The summed E-state index contributed by atoms with van der Waals surface area (Å²) in [6.45, 7) is 0. The van der Waals surface area contributed by atoms with E-state index in [0.29, 0.717) is 6.42 Å². The monoisotopic (exact) mass is 210 g/mol. The van der Waals surface area contributed by atoms with Gasteiger partial charge in [0.15, 0.2) is 5.78 Å². The molecule has 0 spiro atoms. The molecule has 0 aromatic heterocycles. The van der Waals surface area contributed by atoms with Gasteiger partial charge in [-0.15, -0.1) is 12.3 Å². The Morgan fingerprint density at radius 2 is 2.29 bits per heavy atom. The molecule has 0 aliphatic rings. The predicted octanol–water partition coefficient (Wildman–Crippen LogP) is 3.08. The lowest BCUT2D eigenvalue weighted by molar-refractivity contribution is 0.0980. The van der Waals surface area contributed by atoms with Crippen molar-refractivity contribution in [3.63, 3.8) is 0 Å². The zero-order valence-electron chi connectivity index (χ0n) is 7.39. The fraction of sp³-hybridized carbons (Fsp3) is 0.182. The maximum atomic E-state index is 13.2. The highest BCUT2D eigenvalue weighted by molar-refractivity contribution is 6.34. The van der Waals surface area contributed by atoms with Gasteiger partial charge in [0.25, 0.3) is 0 Å². The molecule has 0 bridgehead atoms. The average molecular weight is 211 g/mol. The smallest absolute Gasteiger partial charge is 0.168 e. The number of Topliss-reactive ketones (excluding diaryl/α,β-unsaturated/α-hetero) is 1. The molecule has 0 atom stereocenters. The molecule has 14 heavy (non-hydrogen) atoms. The van der Waals surface area contributed by atoms with Gasteiger partial charge in [0.2, 0.25) is 0 Å². The molecule has 1 nitrogen and oxygen atoms in total. The van der Waals surface area contributed by atoms with Gasteiger partial charge in [-0.05, 0) is 12.1 Å². The number of halogens is 2. The second kappa shape index (κ2) is 4.78. The number of hydrogen-bond acceptors (Lipinski definition) is 1. The molecule has 0 aliphatic carbocycles. The third kappa shape index (κ3) is 2.34. The SMILES string of the molecule is C#CCCC(=O)c1c(F)cccc1Cl. The molecule has 0 N–H and O–H groups in total. The summed E-state index contributed by atoms with van der Waals surface area (Å²) in [7, 11) is 0. The van der Waals surface area contributed by atoms with Crippen molar-refractivity contribution in [3.05, 3.63) is 34.6 Å². The van der Waals surface area contributed by atoms with E-state index in [-0.39, 0.29) is 22.8 Å². The van der Waals surface area contributed by atoms with E-state index in [1.54, 1.807) is 0 Å². The molecule has 1 aromatic rings. The molecule has 0 heterocycles. The van der Waals surface area contributed by atoms with Crippen molar-refractivity contribution < 1.29 is 9.18 Å². The van der Waals surface area contributed by atoms with E-state index in [2.05, 4.69) is 5.92 Å². The molecule has 0 saturated carbocycles. The molecule has 1 rings (SSSR count). The molecule has 0 amide bonds. The molecular weight excluding hydrogens is 203 g/mol. The summed E-state index contributed by atoms with van der Waals surface area (Å²) in [6.07, 6.45) is 5.42. The summed E-state index contributed by atoms with van der Waals surface area (Å²) >= 11 is 5.69. The Bertz CT molecular complexity index is 373. The van der Waals surface area contributed by atoms with E-state index in [1.807, 2.05) is 0 Å². The fourth-order valence-corrected chi connectivity index (χ4v) is 1.34. The van der Waals surface area contributed by atoms with Gasteiger partial charge < -0.3 is 0 Å². The predicted molar refractivity (Wildman–Crippen MR) is 53.8 cm³/mol. The first kappa shape index (κ1) is 10.7. The van der Waals surface area contributed by atoms with Crippen LogP contribution in [0.1, 0.15) is 23.2 Å². The van der Waals surface area contributed by atoms with E-state index in [0.717, 1.165) is 0 Å². The second-order valence-electron chi connectivity index (χ2n) is 2.72. The second-order valence-corrected chi connectivity index (χ2v) is 3.13. The summed E-state index contributed by atoms with van der Waals surface area (Å²) in [5.74, 6) is 1.37. The zero-order valence-corrected chi connectivity index (χ0v) is 8.14. The van der Waals surface area contributed by atoms with Crippen LogP contribution in [0.4, 0.5) is 4.39 Å². The Kier molecular flexibility index (Phi) is 3.67. The van der Waals surface area contributed by atoms with Crippen LogP contribution in [0.15, 0.2) is 18.2 Å². The van der Waals surface area contributed by atoms with E-state index < -0.39 is 5.82 Å². The Balaban J connectivity index is 2.95. The number of carbonyl (C=O) groups is 1. The molecule has 0 saturated heterocycles. The quantitative estimate of drug-likeness (QED) is 0.554. The van der Waals surface area contributed by atoms with Crippen molar-refractivity contribution in [1.82, 2.24) is 0 Å².